The Morgan fingerprint density at radius 3 is 2.83 bits per heavy atom. The molecule has 0 bridgehead atoms. The van der Waals surface area contributed by atoms with Gasteiger partial charge in [-0.05, 0) is 50.9 Å². The summed E-state index contributed by atoms with van der Waals surface area (Å²) in [6, 6.07) is 0. The fraction of sp³-hybridized carbons (Fsp3) is 0.667. The lowest BCUT2D eigenvalue weighted by molar-refractivity contribution is 0.599. The largest absolute Gasteiger partial charge is 0.328 e. The smallest absolute Gasteiger partial charge is 0.179 e. The highest BCUT2D eigenvalue weighted by Gasteiger charge is 2.13. The number of unbranched alkanes of at least 4 members (excludes halogenated alkanes) is 1. The van der Waals surface area contributed by atoms with E-state index in [1.165, 1.54) is 12.2 Å². The highest BCUT2D eigenvalue weighted by molar-refractivity contribution is 7.98. The molecule has 0 saturated carbocycles. The number of fused-ring (bicyclic) bond motifs is 1. The van der Waals surface area contributed by atoms with Crippen LogP contribution in [0.25, 0.3) is 11.2 Å². The van der Waals surface area contributed by atoms with Gasteiger partial charge in [0.1, 0.15) is 5.52 Å². The summed E-state index contributed by atoms with van der Waals surface area (Å²) in [4.78, 5) is 3.28. The van der Waals surface area contributed by atoms with Crippen LogP contribution < -0.4 is 0 Å². The van der Waals surface area contributed by atoms with Crippen molar-refractivity contribution in [2.45, 2.75) is 39.8 Å². The van der Waals surface area contributed by atoms with Crippen molar-refractivity contribution in [1.29, 1.82) is 0 Å². The van der Waals surface area contributed by atoms with E-state index in [1.807, 2.05) is 23.4 Å². The van der Waals surface area contributed by atoms with Crippen LogP contribution >= 0.6 is 24.0 Å². The van der Waals surface area contributed by atoms with Crippen LogP contribution in [0.1, 0.15) is 25.5 Å². The summed E-state index contributed by atoms with van der Waals surface area (Å²) in [5.41, 5.74) is 3.26. The Morgan fingerprint density at radius 1 is 1.39 bits per heavy atom. The number of aryl methyl sites for hydroxylation is 3. The molecule has 100 valence electrons. The van der Waals surface area contributed by atoms with E-state index < -0.39 is 0 Å². The summed E-state index contributed by atoms with van der Waals surface area (Å²) in [5.74, 6) is 1.22. The minimum atomic E-state index is 0.817. The zero-order chi connectivity index (χ0) is 13.1. The molecule has 0 aliphatic carbocycles. The van der Waals surface area contributed by atoms with Crippen LogP contribution in [0.5, 0.6) is 0 Å². The van der Waals surface area contributed by atoms with Crippen molar-refractivity contribution >= 4 is 35.1 Å². The Bertz CT molecular complexity index is 579. The second-order valence-electron chi connectivity index (χ2n) is 4.38. The molecule has 0 atom stereocenters. The first-order chi connectivity index (χ1) is 8.69. The van der Waals surface area contributed by atoms with Crippen molar-refractivity contribution in [3.63, 3.8) is 0 Å². The summed E-state index contributed by atoms with van der Waals surface area (Å²) in [5, 5.41) is 4.53. The second kappa shape index (κ2) is 5.93. The first kappa shape index (κ1) is 13.7. The van der Waals surface area contributed by atoms with Gasteiger partial charge in [0.15, 0.2) is 10.4 Å². The van der Waals surface area contributed by atoms with Gasteiger partial charge in [0.05, 0.1) is 5.69 Å². The molecule has 2 aromatic rings. The summed E-state index contributed by atoms with van der Waals surface area (Å²) < 4.78 is 5.04. The van der Waals surface area contributed by atoms with E-state index in [0.717, 1.165) is 41.1 Å². The highest BCUT2D eigenvalue weighted by atomic mass is 32.2. The number of thioether (sulfide) groups is 1. The zero-order valence-electron chi connectivity index (χ0n) is 11.2. The van der Waals surface area contributed by atoms with Crippen molar-refractivity contribution in [2.24, 2.45) is 0 Å². The Labute approximate surface area is 117 Å². The summed E-state index contributed by atoms with van der Waals surface area (Å²) in [6.07, 6.45) is 4.54. The summed E-state index contributed by atoms with van der Waals surface area (Å²) in [7, 11) is 0. The van der Waals surface area contributed by atoms with Crippen LogP contribution in [0.2, 0.25) is 0 Å². The second-order valence-corrected chi connectivity index (χ2v) is 5.75. The Balaban J connectivity index is 2.31. The maximum absolute atomic E-state index is 5.41. The standard InChI is InChI=1S/C12H20N4S2/c1-4-16-11-10(9(2)14-16)13-12(17)15(11)7-5-6-8-18-3/h4-8H2,1-3H3,(H,13,17). The molecule has 2 heterocycles. The Kier molecular flexibility index (Phi) is 4.50. The number of hydrogen-bond donors (Lipinski definition) is 1. The Morgan fingerprint density at radius 2 is 2.17 bits per heavy atom. The predicted octanol–water partition coefficient (Wildman–Crippen LogP) is 3.37. The molecule has 0 aliphatic rings. The average Bonchev–Trinajstić information content (AvgIpc) is 2.83. The van der Waals surface area contributed by atoms with Crippen molar-refractivity contribution in [2.75, 3.05) is 12.0 Å². The van der Waals surface area contributed by atoms with Gasteiger partial charge in [0.2, 0.25) is 0 Å². The molecule has 18 heavy (non-hydrogen) atoms. The van der Waals surface area contributed by atoms with E-state index in [9.17, 15) is 0 Å². The number of aromatic amines is 1. The van der Waals surface area contributed by atoms with Gasteiger partial charge in [-0.15, -0.1) is 0 Å². The Hall–Kier alpha value is -0.750. The van der Waals surface area contributed by atoms with Crippen molar-refractivity contribution in [3.8, 4) is 0 Å². The molecule has 0 unspecified atom stereocenters. The molecule has 4 nitrogen and oxygen atoms in total. The fourth-order valence-corrected chi connectivity index (χ4v) is 2.98. The highest BCUT2D eigenvalue weighted by Crippen LogP contribution is 2.18. The molecule has 0 amide bonds. The number of imidazole rings is 1. The maximum atomic E-state index is 5.41. The van der Waals surface area contributed by atoms with E-state index in [-0.39, 0.29) is 0 Å². The number of aromatic nitrogens is 4. The molecule has 0 radical (unpaired) electrons. The lowest BCUT2D eigenvalue weighted by atomic mass is 10.3. The van der Waals surface area contributed by atoms with Gasteiger partial charge in [0, 0.05) is 13.1 Å². The molecular formula is C12H20N4S2. The molecule has 2 aromatic heterocycles. The molecule has 0 spiro atoms. The molecule has 6 heteroatoms. The van der Waals surface area contributed by atoms with E-state index >= 15 is 0 Å². The molecule has 0 fully saturated rings. The third-order valence-electron chi connectivity index (χ3n) is 3.11. The third kappa shape index (κ3) is 2.49. The number of nitrogens with one attached hydrogen (secondary N) is 1. The zero-order valence-corrected chi connectivity index (χ0v) is 12.8. The average molecular weight is 284 g/mol. The number of rotatable bonds is 6. The van der Waals surface area contributed by atoms with Gasteiger partial charge in [-0.25, -0.2) is 4.68 Å². The summed E-state index contributed by atoms with van der Waals surface area (Å²) >= 11 is 7.31. The minimum Gasteiger partial charge on any atom is -0.328 e. The quantitative estimate of drug-likeness (QED) is 0.653. The van der Waals surface area contributed by atoms with Crippen LogP contribution in [0.15, 0.2) is 0 Å². The van der Waals surface area contributed by atoms with Gasteiger partial charge in [0.25, 0.3) is 0 Å². The third-order valence-corrected chi connectivity index (χ3v) is 4.13. The van der Waals surface area contributed by atoms with Gasteiger partial charge in [-0.3, -0.25) is 0 Å². The molecule has 1 N–H and O–H groups in total. The molecule has 0 aliphatic heterocycles. The van der Waals surface area contributed by atoms with Gasteiger partial charge in [-0.2, -0.15) is 16.9 Å². The van der Waals surface area contributed by atoms with E-state index in [1.54, 1.807) is 0 Å². The lowest BCUT2D eigenvalue weighted by Gasteiger charge is -2.05. The monoisotopic (exact) mass is 284 g/mol. The number of H-pyrrole nitrogens is 1. The molecular weight excluding hydrogens is 264 g/mol. The van der Waals surface area contributed by atoms with E-state index in [4.69, 9.17) is 12.2 Å². The fourth-order valence-electron chi connectivity index (χ4n) is 2.20. The molecule has 2 rings (SSSR count). The molecule has 0 saturated heterocycles. The lowest BCUT2D eigenvalue weighted by Crippen LogP contribution is -2.05. The SMILES string of the molecule is CCn1nc(C)c2[nH]c(=S)n(CCCCSC)c21. The number of nitrogens with zero attached hydrogens (tertiary/aromatic N) is 3. The van der Waals surface area contributed by atoms with E-state index in [2.05, 4.69) is 27.8 Å². The number of hydrogen-bond acceptors (Lipinski definition) is 3. The predicted molar refractivity (Wildman–Crippen MR) is 80.9 cm³/mol. The maximum Gasteiger partial charge on any atom is 0.179 e. The first-order valence-electron chi connectivity index (χ1n) is 6.34. The van der Waals surface area contributed by atoms with Crippen LogP contribution in [-0.4, -0.2) is 31.3 Å². The topological polar surface area (TPSA) is 38.5 Å². The van der Waals surface area contributed by atoms with Gasteiger partial charge < -0.3 is 9.55 Å². The van der Waals surface area contributed by atoms with Crippen molar-refractivity contribution < 1.29 is 0 Å². The van der Waals surface area contributed by atoms with Gasteiger partial charge in [-0.1, -0.05) is 0 Å². The van der Waals surface area contributed by atoms with Crippen molar-refractivity contribution in [3.05, 3.63) is 10.5 Å². The first-order valence-corrected chi connectivity index (χ1v) is 8.14. The van der Waals surface area contributed by atoms with E-state index in [0.29, 0.717) is 0 Å². The molecule has 0 aromatic carbocycles. The van der Waals surface area contributed by atoms with Crippen LogP contribution in [0, 0.1) is 11.7 Å². The van der Waals surface area contributed by atoms with Gasteiger partial charge >= 0.3 is 0 Å². The normalized spacial score (nSPS) is 11.5. The summed E-state index contributed by atoms with van der Waals surface area (Å²) in [6.45, 7) is 5.99. The van der Waals surface area contributed by atoms with Crippen LogP contribution in [0.4, 0.5) is 0 Å². The van der Waals surface area contributed by atoms with Crippen LogP contribution in [0.3, 0.4) is 0 Å². The minimum absolute atomic E-state index is 0.817. The van der Waals surface area contributed by atoms with Crippen LogP contribution in [-0.2, 0) is 13.1 Å². The van der Waals surface area contributed by atoms with Crippen molar-refractivity contribution in [1.82, 2.24) is 19.3 Å².